The van der Waals surface area contributed by atoms with Crippen molar-refractivity contribution in [3.05, 3.63) is 89.5 Å². The van der Waals surface area contributed by atoms with E-state index in [1.165, 1.54) is 10.4 Å². The third-order valence-electron chi connectivity index (χ3n) is 4.74. The molecule has 0 fully saturated rings. The van der Waals surface area contributed by atoms with Gasteiger partial charge in [0.15, 0.2) is 0 Å². The van der Waals surface area contributed by atoms with E-state index in [1.54, 1.807) is 50.2 Å². The lowest BCUT2D eigenvalue weighted by Gasteiger charge is -2.24. The van der Waals surface area contributed by atoms with E-state index in [0.717, 1.165) is 5.56 Å². The van der Waals surface area contributed by atoms with Crippen LogP contribution in [-0.4, -0.2) is 20.9 Å². The molecule has 0 unspecified atom stereocenters. The smallest absolute Gasteiger partial charge is 0.264 e. The lowest BCUT2D eigenvalue weighted by atomic mass is 10.1. The van der Waals surface area contributed by atoms with Gasteiger partial charge in [-0.2, -0.15) is 0 Å². The highest BCUT2D eigenvalue weighted by atomic mass is 32.2. The Hall–Kier alpha value is -3.12. The number of benzene rings is 3. The Morgan fingerprint density at radius 2 is 1.55 bits per heavy atom. The molecule has 150 valence electrons. The van der Waals surface area contributed by atoms with Crippen molar-refractivity contribution in [2.24, 2.45) is 0 Å². The predicted molar refractivity (Wildman–Crippen MR) is 117 cm³/mol. The highest BCUT2D eigenvalue weighted by Gasteiger charge is 2.26. The summed E-state index contributed by atoms with van der Waals surface area (Å²) in [6.45, 7) is 5.70. The lowest BCUT2D eigenvalue weighted by Crippen LogP contribution is -2.31. The summed E-state index contributed by atoms with van der Waals surface area (Å²) >= 11 is 0. The zero-order valence-electron chi connectivity index (χ0n) is 16.7. The fourth-order valence-electron chi connectivity index (χ4n) is 3.13. The number of nitrogens with zero attached hydrogens (tertiary/aromatic N) is 1. The van der Waals surface area contributed by atoms with Gasteiger partial charge in [0.05, 0.1) is 10.6 Å². The first-order chi connectivity index (χ1) is 13.8. The molecule has 5 nitrogen and oxygen atoms in total. The summed E-state index contributed by atoms with van der Waals surface area (Å²) in [5.74, 6) is -0.349. The molecule has 6 heteroatoms. The number of anilines is 2. The average molecular weight is 409 g/mol. The van der Waals surface area contributed by atoms with Crippen molar-refractivity contribution in [3.8, 4) is 0 Å². The number of amides is 1. The number of nitrogens with one attached hydrogen (secondary N) is 1. The first-order valence-corrected chi connectivity index (χ1v) is 10.8. The molecule has 3 aromatic carbocycles. The Balaban J connectivity index is 1.98. The number of para-hydroxylation sites is 2. The third-order valence-corrected chi connectivity index (χ3v) is 6.79. The molecule has 0 aliphatic rings. The normalized spacial score (nSPS) is 11.1. The second-order valence-electron chi connectivity index (χ2n) is 6.75. The molecule has 0 saturated carbocycles. The van der Waals surface area contributed by atoms with Crippen molar-refractivity contribution < 1.29 is 13.2 Å². The van der Waals surface area contributed by atoms with E-state index in [2.05, 4.69) is 5.32 Å². The van der Waals surface area contributed by atoms with Crippen LogP contribution in [0.1, 0.15) is 28.4 Å². The number of carbonyl (C=O) groups is 1. The van der Waals surface area contributed by atoms with Crippen LogP contribution < -0.4 is 9.62 Å². The van der Waals surface area contributed by atoms with Gasteiger partial charge in [0.2, 0.25) is 0 Å². The molecule has 0 radical (unpaired) electrons. The van der Waals surface area contributed by atoms with E-state index in [9.17, 15) is 13.2 Å². The molecular formula is C23H24N2O3S. The van der Waals surface area contributed by atoms with Gasteiger partial charge in [0, 0.05) is 17.8 Å². The Morgan fingerprint density at radius 1 is 0.897 bits per heavy atom. The Bertz CT molecular complexity index is 1130. The fraction of sp³-hybridized carbons (Fsp3) is 0.174. The van der Waals surface area contributed by atoms with Crippen molar-refractivity contribution in [1.29, 1.82) is 0 Å². The zero-order valence-corrected chi connectivity index (χ0v) is 17.5. The van der Waals surface area contributed by atoms with E-state index in [-0.39, 0.29) is 17.3 Å². The van der Waals surface area contributed by atoms with Gasteiger partial charge in [0.1, 0.15) is 0 Å². The molecule has 0 aromatic heterocycles. The Morgan fingerprint density at radius 3 is 2.21 bits per heavy atom. The van der Waals surface area contributed by atoms with Gasteiger partial charge in [-0.15, -0.1) is 0 Å². The third kappa shape index (κ3) is 4.32. The minimum Gasteiger partial charge on any atom is -0.322 e. The van der Waals surface area contributed by atoms with Crippen LogP contribution in [-0.2, 0) is 10.0 Å². The van der Waals surface area contributed by atoms with Gasteiger partial charge >= 0.3 is 0 Å². The van der Waals surface area contributed by atoms with Gasteiger partial charge in [-0.1, -0.05) is 42.5 Å². The molecule has 0 bridgehead atoms. The molecule has 0 saturated heterocycles. The van der Waals surface area contributed by atoms with Gasteiger partial charge in [-0.3, -0.25) is 9.10 Å². The maximum Gasteiger partial charge on any atom is 0.264 e. The molecule has 3 aromatic rings. The van der Waals surface area contributed by atoms with E-state index in [1.807, 2.05) is 37.3 Å². The monoisotopic (exact) mass is 408 g/mol. The van der Waals surface area contributed by atoms with Crippen LogP contribution in [0, 0.1) is 13.8 Å². The minimum atomic E-state index is -3.82. The predicted octanol–water partition coefficient (Wildman–Crippen LogP) is 4.77. The maximum absolute atomic E-state index is 13.4. The first kappa shape index (κ1) is 20.6. The molecule has 0 aliphatic heterocycles. The van der Waals surface area contributed by atoms with Gasteiger partial charge < -0.3 is 5.32 Å². The highest BCUT2D eigenvalue weighted by molar-refractivity contribution is 7.92. The maximum atomic E-state index is 13.4. The minimum absolute atomic E-state index is 0.126. The van der Waals surface area contributed by atoms with E-state index < -0.39 is 10.0 Å². The van der Waals surface area contributed by atoms with Crippen LogP contribution in [0.2, 0.25) is 0 Å². The molecule has 1 N–H and O–H groups in total. The number of sulfonamides is 1. The van der Waals surface area contributed by atoms with Crippen LogP contribution in [0.25, 0.3) is 0 Å². The Labute approximate surface area is 172 Å². The van der Waals surface area contributed by atoms with Crippen LogP contribution in [0.5, 0.6) is 0 Å². The summed E-state index contributed by atoms with van der Waals surface area (Å²) in [7, 11) is -3.82. The summed E-state index contributed by atoms with van der Waals surface area (Å²) < 4.78 is 28.1. The van der Waals surface area contributed by atoms with Crippen LogP contribution >= 0.6 is 0 Å². The van der Waals surface area contributed by atoms with Gasteiger partial charge in [-0.05, 0) is 62.2 Å². The summed E-state index contributed by atoms with van der Waals surface area (Å²) in [5, 5.41) is 2.85. The summed E-state index contributed by atoms with van der Waals surface area (Å²) in [4.78, 5) is 12.9. The molecule has 0 spiro atoms. The van der Waals surface area contributed by atoms with E-state index >= 15 is 0 Å². The molecular weight excluding hydrogens is 384 g/mol. The number of rotatable bonds is 6. The number of hydrogen-bond acceptors (Lipinski definition) is 3. The lowest BCUT2D eigenvalue weighted by molar-refractivity contribution is 0.102. The molecule has 1 amide bonds. The average Bonchev–Trinajstić information content (AvgIpc) is 2.71. The van der Waals surface area contributed by atoms with Crippen molar-refractivity contribution in [3.63, 3.8) is 0 Å². The van der Waals surface area contributed by atoms with Crippen molar-refractivity contribution in [2.75, 3.05) is 16.2 Å². The van der Waals surface area contributed by atoms with Crippen LogP contribution in [0.15, 0.2) is 77.7 Å². The van der Waals surface area contributed by atoms with Crippen molar-refractivity contribution >= 4 is 27.3 Å². The standard InChI is InChI=1S/C23H24N2O3S/c1-4-25(20-11-6-5-7-12-20)29(27,28)22-16-19(15-14-18(22)3)23(26)24-21-13-9-8-10-17(21)2/h5-16H,4H2,1-3H3,(H,24,26). The molecule has 3 rings (SSSR count). The quantitative estimate of drug-likeness (QED) is 0.639. The van der Waals surface area contributed by atoms with Crippen LogP contribution in [0.3, 0.4) is 0 Å². The number of aryl methyl sites for hydroxylation is 2. The summed E-state index contributed by atoms with van der Waals surface area (Å²) in [6.07, 6.45) is 0. The van der Waals surface area contributed by atoms with Crippen molar-refractivity contribution in [1.82, 2.24) is 0 Å². The summed E-state index contributed by atoms with van der Waals surface area (Å²) in [6, 6.07) is 21.1. The molecule has 0 heterocycles. The Kier molecular flexibility index (Phi) is 6.03. The fourth-order valence-corrected chi connectivity index (χ4v) is 4.86. The van der Waals surface area contributed by atoms with Gasteiger partial charge in [-0.25, -0.2) is 8.42 Å². The first-order valence-electron chi connectivity index (χ1n) is 9.40. The second-order valence-corrected chi connectivity index (χ2v) is 8.59. The number of carbonyl (C=O) groups excluding carboxylic acids is 1. The second kappa shape index (κ2) is 8.49. The zero-order chi connectivity index (χ0) is 21.0. The van der Waals surface area contributed by atoms with Crippen LogP contribution in [0.4, 0.5) is 11.4 Å². The molecule has 29 heavy (non-hydrogen) atoms. The number of hydrogen-bond donors (Lipinski definition) is 1. The topological polar surface area (TPSA) is 66.5 Å². The largest absolute Gasteiger partial charge is 0.322 e. The highest BCUT2D eigenvalue weighted by Crippen LogP contribution is 2.26. The molecule has 0 atom stereocenters. The SMILES string of the molecule is CCN(c1ccccc1)S(=O)(=O)c1cc(C(=O)Nc2ccccc2C)ccc1C. The molecule has 0 aliphatic carbocycles. The summed E-state index contributed by atoms with van der Waals surface area (Å²) in [5.41, 5.74) is 3.10. The van der Waals surface area contributed by atoms with E-state index in [0.29, 0.717) is 22.5 Å². The van der Waals surface area contributed by atoms with E-state index in [4.69, 9.17) is 0 Å². The van der Waals surface area contributed by atoms with Crippen molar-refractivity contribution in [2.45, 2.75) is 25.7 Å². The van der Waals surface area contributed by atoms with Gasteiger partial charge in [0.25, 0.3) is 15.9 Å².